The minimum absolute atomic E-state index is 0.00922. The van der Waals surface area contributed by atoms with Gasteiger partial charge in [0.1, 0.15) is 12.2 Å². The van der Waals surface area contributed by atoms with E-state index >= 15 is 0 Å². The average molecular weight is 516 g/mol. The monoisotopic (exact) mass is 516 g/mol. The fraction of sp³-hybridized carbons (Fsp3) is 0.632. The highest BCUT2D eigenvalue weighted by atomic mass is 127. The van der Waals surface area contributed by atoms with Gasteiger partial charge in [0, 0.05) is 53.1 Å². The highest BCUT2D eigenvalue weighted by Crippen LogP contribution is 2.24. The molecule has 0 aliphatic carbocycles. The van der Waals surface area contributed by atoms with Crippen LogP contribution in [-0.4, -0.2) is 52.9 Å². The summed E-state index contributed by atoms with van der Waals surface area (Å²) in [5, 5.41) is 5.19. The highest BCUT2D eigenvalue weighted by Gasteiger charge is 2.24. The molecule has 1 amide bonds. The summed E-state index contributed by atoms with van der Waals surface area (Å²) in [5.74, 6) is 0.103. The number of likely N-dealkylation sites (tertiary alicyclic amines) is 1. The largest absolute Gasteiger partial charge is 0.360 e. The van der Waals surface area contributed by atoms with Gasteiger partial charge < -0.3 is 14.2 Å². The Bertz CT molecular complexity index is 910. The van der Waals surface area contributed by atoms with Crippen molar-refractivity contribution in [3.8, 4) is 0 Å². The molecule has 1 fully saturated rings. The normalized spacial score (nSPS) is 16.1. The molecule has 0 spiro atoms. The second-order valence-corrected chi connectivity index (χ2v) is 15.5. The van der Waals surface area contributed by atoms with Gasteiger partial charge in [0.05, 0.1) is 8.96 Å². The lowest BCUT2D eigenvalue weighted by Gasteiger charge is -2.32. The Labute approximate surface area is 180 Å². The van der Waals surface area contributed by atoms with Crippen molar-refractivity contribution in [2.24, 2.45) is 0 Å². The molecule has 2 aromatic rings. The average Bonchev–Trinajstić information content (AvgIpc) is 3.06. The summed E-state index contributed by atoms with van der Waals surface area (Å²) >= 11 is 2.24. The van der Waals surface area contributed by atoms with E-state index in [1.165, 1.54) is 0 Å². The van der Waals surface area contributed by atoms with Gasteiger partial charge in [-0.25, -0.2) is 4.68 Å². The van der Waals surface area contributed by atoms with Crippen LogP contribution in [0.4, 0.5) is 0 Å². The molecule has 9 heteroatoms. The molecule has 1 aliphatic rings. The highest BCUT2D eigenvalue weighted by molar-refractivity contribution is 14.1. The number of carbonyl (C=O) groups is 1. The van der Waals surface area contributed by atoms with E-state index in [0.717, 1.165) is 34.6 Å². The van der Waals surface area contributed by atoms with Gasteiger partial charge >= 0.3 is 0 Å². The lowest BCUT2D eigenvalue weighted by atomic mass is 10.0. The SMILES string of the molecule is CC(=O)N1CCC(n2cc(I)c3nn(COCC[Si](C)(C)C)cc3c2=O)CC1. The predicted molar refractivity (Wildman–Crippen MR) is 121 cm³/mol. The number of hydrogen-bond acceptors (Lipinski definition) is 4. The van der Waals surface area contributed by atoms with Gasteiger partial charge in [-0.1, -0.05) is 19.6 Å². The summed E-state index contributed by atoms with van der Waals surface area (Å²) in [6, 6.07) is 1.23. The Morgan fingerprint density at radius 3 is 2.57 bits per heavy atom. The summed E-state index contributed by atoms with van der Waals surface area (Å²) in [5.41, 5.74) is 0.724. The van der Waals surface area contributed by atoms with Gasteiger partial charge in [0.15, 0.2) is 0 Å². The van der Waals surface area contributed by atoms with Crippen LogP contribution in [-0.2, 0) is 16.3 Å². The minimum atomic E-state index is -1.12. The number of pyridine rings is 1. The van der Waals surface area contributed by atoms with Gasteiger partial charge in [-0.15, -0.1) is 0 Å². The zero-order valence-corrected chi connectivity index (χ0v) is 20.2. The van der Waals surface area contributed by atoms with E-state index in [0.29, 0.717) is 25.2 Å². The van der Waals surface area contributed by atoms with Crippen molar-refractivity contribution >= 4 is 47.5 Å². The molecular weight excluding hydrogens is 487 g/mol. The molecule has 0 N–H and O–H groups in total. The number of amides is 1. The molecule has 0 saturated carbocycles. The maximum absolute atomic E-state index is 13.1. The maximum Gasteiger partial charge on any atom is 0.261 e. The molecule has 1 saturated heterocycles. The van der Waals surface area contributed by atoms with Crippen LogP contribution < -0.4 is 5.56 Å². The van der Waals surface area contributed by atoms with Crippen LogP contribution in [0, 0.1) is 3.57 Å². The standard InChI is InChI=1S/C19H29IN4O3Si/c1-14(25)22-7-5-15(6-8-22)24-12-17(20)18-16(19(24)26)11-23(21-18)13-27-9-10-28(2,3)4/h11-12,15H,5-10,13H2,1-4H3. The van der Waals surface area contributed by atoms with E-state index in [4.69, 9.17) is 4.74 Å². The Morgan fingerprint density at radius 1 is 1.29 bits per heavy atom. The van der Waals surface area contributed by atoms with Crippen LogP contribution in [0.15, 0.2) is 17.2 Å². The number of rotatable bonds is 6. The molecule has 1 aliphatic heterocycles. The number of carbonyl (C=O) groups excluding carboxylic acids is 1. The van der Waals surface area contributed by atoms with E-state index in [-0.39, 0.29) is 17.5 Å². The van der Waals surface area contributed by atoms with Crippen LogP contribution in [0.2, 0.25) is 25.7 Å². The lowest BCUT2D eigenvalue weighted by Crippen LogP contribution is -2.39. The summed E-state index contributed by atoms with van der Waals surface area (Å²) in [4.78, 5) is 26.4. The number of aromatic nitrogens is 3. The van der Waals surface area contributed by atoms with Gasteiger partial charge in [-0.2, -0.15) is 5.10 Å². The van der Waals surface area contributed by atoms with Gasteiger partial charge in [0.25, 0.3) is 5.56 Å². The predicted octanol–water partition coefficient (Wildman–Crippen LogP) is 3.30. The first-order valence-electron chi connectivity index (χ1n) is 9.77. The summed E-state index contributed by atoms with van der Waals surface area (Å²) < 4.78 is 10.3. The van der Waals surface area contributed by atoms with Crippen molar-refractivity contribution in [1.82, 2.24) is 19.2 Å². The Hall–Kier alpha value is -1.20. The topological polar surface area (TPSA) is 69.4 Å². The van der Waals surface area contributed by atoms with E-state index < -0.39 is 8.07 Å². The second kappa shape index (κ2) is 8.66. The zero-order chi connectivity index (χ0) is 20.5. The number of ether oxygens (including phenoxy) is 1. The number of hydrogen-bond donors (Lipinski definition) is 0. The van der Waals surface area contributed by atoms with Gasteiger partial charge in [-0.05, 0) is 41.5 Å². The third-order valence-corrected chi connectivity index (χ3v) is 7.72. The third-order valence-electron chi connectivity index (χ3n) is 5.23. The smallest absolute Gasteiger partial charge is 0.261 e. The van der Waals surface area contributed by atoms with Crippen LogP contribution in [0.5, 0.6) is 0 Å². The number of fused-ring (bicyclic) bond motifs is 1. The molecule has 7 nitrogen and oxygen atoms in total. The molecule has 0 bridgehead atoms. The fourth-order valence-electron chi connectivity index (χ4n) is 3.47. The number of nitrogens with zero attached hydrogens (tertiary/aromatic N) is 4. The number of piperidine rings is 1. The van der Waals surface area contributed by atoms with E-state index in [9.17, 15) is 9.59 Å². The molecule has 0 aromatic carbocycles. The third kappa shape index (κ3) is 5.04. The fourth-order valence-corrected chi connectivity index (χ4v) is 4.92. The molecule has 0 unspecified atom stereocenters. The summed E-state index contributed by atoms with van der Waals surface area (Å²) in [6.45, 7) is 11.1. The van der Waals surface area contributed by atoms with Crippen LogP contribution in [0.1, 0.15) is 25.8 Å². The molecule has 154 valence electrons. The molecule has 0 atom stereocenters. The van der Waals surface area contributed by atoms with Gasteiger partial charge in [0.2, 0.25) is 5.91 Å². The minimum Gasteiger partial charge on any atom is -0.360 e. The Morgan fingerprint density at radius 2 is 1.96 bits per heavy atom. The molecule has 28 heavy (non-hydrogen) atoms. The first-order valence-corrected chi connectivity index (χ1v) is 14.6. The van der Waals surface area contributed by atoms with Crippen molar-refractivity contribution in [1.29, 1.82) is 0 Å². The van der Waals surface area contributed by atoms with Crippen molar-refractivity contribution in [2.45, 2.75) is 58.2 Å². The number of halogens is 1. The second-order valence-electron chi connectivity index (χ2n) is 8.71. The van der Waals surface area contributed by atoms with Gasteiger partial charge in [-0.3, -0.25) is 9.59 Å². The molecule has 3 rings (SSSR count). The van der Waals surface area contributed by atoms with Crippen molar-refractivity contribution in [2.75, 3.05) is 19.7 Å². The van der Waals surface area contributed by atoms with Crippen molar-refractivity contribution in [3.63, 3.8) is 0 Å². The molecule has 3 heterocycles. The van der Waals surface area contributed by atoms with Crippen molar-refractivity contribution in [3.05, 3.63) is 26.3 Å². The van der Waals surface area contributed by atoms with E-state index in [1.54, 1.807) is 17.8 Å². The first kappa shape index (κ1) is 21.5. The molecular formula is C19H29IN4O3Si. The maximum atomic E-state index is 13.1. The first-order chi connectivity index (χ1) is 13.2. The molecule has 0 radical (unpaired) electrons. The Balaban J connectivity index is 1.75. The zero-order valence-electron chi connectivity index (χ0n) is 17.1. The van der Waals surface area contributed by atoms with Crippen LogP contribution >= 0.6 is 22.6 Å². The lowest BCUT2D eigenvalue weighted by molar-refractivity contribution is -0.130. The van der Waals surface area contributed by atoms with Crippen molar-refractivity contribution < 1.29 is 9.53 Å². The van der Waals surface area contributed by atoms with E-state index in [2.05, 4.69) is 47.3 Å². The summed E-state index contributed by atoms with van der Waals surface area (Å²) in [7, 11) is -1.12. The van der Waals surface area contributed by atoms with Crippen LogP contribution in [0.25, 0.3) is 10.9 Å². The van der Waals surface area contributed by atoms with E-state index in [1.807, 2.05) is 15.7 Å². The Kier molecular flexibility index (Phi) is 6.65. The quantitative estimate of drug-likeness (QED) is 0.336. The van der Waals surface area contributed by atoms with Crippen LogP contribution in [0.3, 0.4) is 0 Å². The summed E-state index contributed by atoms with van der Waals surface area (Å²) in [6.07, 6.45) is 5.31. The molecule has 2 aromatic heterocycles.